The van der Waals surface area contributed by atoms with Gasteiger partial charge in [0.2, 0.25) is 5.82 Å². The molecule has 1 aromatic rings. The summed E-state index contributed by atoms with van der Waals surface area (Å²) in [4.78, 5) is 17.3. The average Bonchev–Trinajstić information content (AvgIpc) is 2.40. The predicted molar refractivity (Wildman–Crippen MR) is 78.5 cm³/mol. The second kappa shape index (κ2) is 6.32. The van der Waals surface area contributed by atoms with Crippen molar-refractivity contribution in [3.05, 3.63) is 26.9 Å². The minimum absolute atomic E-state index is 0.0948. The summed E-state index contributed by atoms with van der Waals surface area (Å²) in [5, 5.41) is 11.2. The van der Waals surface area contributed by atoms with Crippen LogP contribution >= 0.6 is 15.9 Å². The standard InChI is InChI=1S/C13H18BrN3O2/c1-2-5-11-6-3-4-7-16(11)13-12(17(18)19)8-10(14)9-15-13/h8-9,11H,2-7H2,1H3. The molecule has 0 saturated carbocycles. The van der Waals surface area contributed by atoms with Gasteiger partial charge in [0.05, 0.1) is 4.92 Å². The van der Waals surface area contributed by atoms with Crippen molar-refractivity contribution in [1.82, 2.24) is 4.98 Å². The molecule has 5 nitrogen and oxygen atoms in total. The summed E-state index contributed by atoms with van der Waals surface area (Å²) in [5.41, 5.74) is 0.0948. The van der Waals surface area contributed by atoms with Gasteiger partial charge in [-0.05, 0) is 41.6 Å². The highest BCUT2D eigenvalue weighted by atomic mass is 79.9. The maximum absolute atomic E-state index is 11.2. The molecule has 104 valence electrons. The first-order chi connectivity index (χ1) is 9.13. The molecule has 0 N–H and O–H groups in total. The molecule has 1 atom stereocenters. The third-order valence-electron chi connectivity index (χ3n) is 3.53. The Hall–Kier alpha value is -1.17. The molecule has 1 fully saturated rings. The Morgan fingerprint density at radius 2 is 2.37 bits per heavy atom. The van der Waals surface area contributed by atoms with E-state index in [1.54, 1.807) is 12.3 Å². The van der Waals surface area contributed by atoms with E-state index in [1.165, 1.54) is 6.42 Å². The maximum atomic E-state index is 11.2. The van der Waals surface area contributed by atoms with E-state index in [2.05, 4.69) is 32.7 Å². The lowest BCUT2D eigenvalue weighted by Crippen LogP contribution is -2.40. The Kier molecular flexibility index (Phi) is 4.74. The largest absolute Gasteiger partial charge is 0.348 e. The molecule has 2 rings (SSSR count). The van der Waals surface area contributed by atoms with Crippen LogP contribution in [0.25, 0.3) is 0 Å². The number of aromatic nitrogens is 1. The van der Waals surface area contributed by atoms with Crippen LogP contribution < -0.4 is 4.90 Å². The lowest BCUT2D eigenvalue weighted by Gasteiger charge is -2.36. The quantitative estimate of drug-likeness (QED) is 0.621. The molecule has 1 unspecified atom stereocenters. The normalized spacial score (nSPS) is 19.5. The van der Waals surface area contributed by atoms with Crippen LogP contribution in [0.4, 0.5) is 11.5 Å². The number of rotatable bonds is 4. The van der Waals surface area contributed by atoms with Gasteiger partial charge in [-0.15, -0.1) is 0 Å². The molecule has 1 aromatic heterocycles. The van der Waals surface area contributed by atoms with Crippen molar-refractivity contribution in [2.24, 2.45) is 0 Å². The highest BCUT2D eigenvalue weighted by Crippen LogP contribution is 2.33. The average molecular weight is 328 g/mol. The number of anilines is 1. The number of nitrogens with zero attached hydrogens (tertiary/aromatic N) is 3. The van der Waals surface area contributed by atoms with E-state index in [0.29, 0.717) is 16.3 Å². The molecule has 1 aliphatic rings. The molecule has 0 spiro atoms. The SMILES string of the molecule is CCCC1CCCCN1c1ncc(Br)cc1[N+](=O)[O-]. The fourth-order valence-electron chi connectivity index (χ4n) is 2.69. The van der Waals surface area contributed by atoms with Gasteiger partial charge in [-0.3, -0.25) is 10.1 Å². The van der Waals surface area contributed by atoms with Crippen molar-refractivity contribution in [2.45, 2.75) is 45.1 Å². The first kappa shape index (κ1) is 14.2. The molecule has 0 aliphatic carbocycles. The lowest BCUT2D eigenvalue weighted by atomic mass is 9.98. The summed E-state index contributed by atoms with van der Waals surface area (Å²) < 4.78 is 0.645. The van der Waals surface area contributed by atoms with Crippen LogP contribution in [0.1, 0.15) is 39.0 Å². The van der Waals surface area contributed by atoms with Crippen molar-refractivity contribution in [3.8, 4) is 0 Å². The van der Waals surface area contributed by atoms with Crippen molar-refractivity contribution < 1.29 is 4.92 Å². The van der Waals surface area contributed by atoms with Crippen LogP contribution in [0.3, 0.4) is 0 Å². The molecule has 0 bridgehead atoms. The summed E-state index contributed by atoms with van der Waals surface area (Å²) in [5.74, 6) is 0.520. The van der Waals surface area contributed by atoms with Crippen LogP contribution in [0, 0.1) is 10.1 Å². The van der Waals surface area contributed by atoms with Crippen LogP contribution in [0.5, 0.6) is 0 Å². The molecule has 1 saturated heterocycles. The van der Waals surface area contributed by atoms with E-state index in [1.807, 2.05) is 0 Å². The fraction of sp³-hybridized carbons (Fsp3) is 0.615. The number of piperidine rings is 1. The van der Waals surface area contributed by atoms with Crippen LogP contribution in [0.2, 0.25) is 0 Å². The van der Waals surface area contributed by atoms with Crippen molar-refractivity contribution in [1.29, 1.82) is 0 Å². The number of pyridine rings is 1. The number of nitro groups is 1. The Labute approximate surface area is 121 Å². The summed E-state index contributed by atoms with van der Waals surface area (Å²) in [7, 11) is 0. The summed E-state index contributed by atoms with van der Waals surface area (Å²) >= 11 is 3.25. The third-order valence-corrected chi connectivity index (χ3v) is 3.97. The Morgan fingerprint density at radius 3 is 3.05 bits per heavy atom. The fourth-order valence-corrected chi connectivity index (χ4v) is 3.01. The number of halogens is 1. The molecule has 2 heterocycles. The smallest absolute Gasteiger partial charge is 0.312 e. The minimum atomic E-state index is -0.343. The maximum Gasteiger partial charge on any atom is 0.312 e. The first-order valence-corrected chi connectivity index (χ1v) is 7.49. The lowest BCUT2D eigenvalue weighted by molar-refractivity contribution is -0.384. The number of hydrogen-bond donors (Lipinski definition) is 0. The molecule has 0 amide bonds. The monoisotopic (exact) mass is 327 g/mol. The van der Waals surface area contributed by atoms with Crippen molar-refractivity contribution in [2.75, 3.05) is 11.4 Å². The second-order valence-corrected chi connectivity index (χ2v) is 5.80. The Morgan fingerprint density at radius 1 is 1.58 bits per heavy atom. The van der Waals surface area contributed by atoms with Crippen LogP contribution in [-0.4, -0.2) is 22.5 Å². The van der Waals surface area contributed by atoms with E-state index in [-0.39, 0.29) is 10.6 Å². The molecule has 19 heavy (non-hydrogen) atoms. The zero-order valence-corrected chi connectivity index (χ0v) is 12.6. The molecule has 6 heteroatoms. The van der Waals surface area contributed by atoms with Gasteiger partial charge >= 0.3 is 5.69 Å². The van der Waals surface area contributed by atoms with E-state index in [9.17, 15) is 10.1 Å². The van der Waals surface area contributed by atoms with Crippen LogP contribution in [0.15, 0.2) is 16.7 Å². The zero-order valence-electron chi connectivity index (χ0n) is 11.0. The van der Waals surface area contributed by atoms with E-state index in [4.69, 9.17) is 0 Å². The second-order valence-electron chi connectivity index (χ2n) is 4.89. The zero-order chi connectivity index (χ0) is 13.8. The van der Waals surface area contributed by atoms with Gasteiger partial charge in [-0.1, -0.05) is 13.3 Å². The third kappa shape index (κ3) is 3.23. The van der Waals surface area contributed by atoms with Crippen molar-refractivity contribution >= 4 is 27.4 Å². The molecular weight excluding hydrogens is 310 g/mol. The minimum Gasteiger partial charge on any atom is -0.348 e. The topological polar surface area (TPSA) is 59.3 Å². The van der Waals surface area contributed by atoms with Gasteiger partial charge in [-0.2, -0.15) is 0 Å². The van der Waals surface area contributed by atoms with Gasteiger partial charge in [0.1, 0.15) is 0 Å². The van der Waals surface area contributed by atoms with Crippen molar-refractivity contribution in [3.63, 3.8) is 0 Å². The van der Waals surface area contributed by atoms with Gasteiger partial charge in [-0.25, -0.2) is 4.98 Å². The number of hydrogen-bond acceptors (Lipinski definition) is 4. The molecule has 1 aliphatic heterocycles. The predicted octanol–water partition coefficient (Wildman–Crippen LogP) is 3.91. The van der Waals surface area contributed by atoms with Gasteiger partial charge < -0.3 is 4.90 Å². The van der Waals surface area contributed by atoms with Gasteiger partial charge in [0, 0.05) is 29.3 Å². The molecule has 0 radical (unpaired) electrons. The van der Waals surface area contributed by atoms with E-state index in [0.717, 1.165) is 32.2 Å². The van der Waals surface area contributed by atoms with Gasteiger partial charge in [0.25, 0.3) is 0 Å². The van der Waals surface area contributed by atoms with Crippen LogP contribution in [-0.2, 0) is 0 Å². The highest BCUT2D eigenvalue weighted by Gasteiger charge is 2.28. The molecular formula is C13H18BrN3O2. The summed E-state index contributed by atoms with van der Waals surface area (Å²) in [6.07, 6.45) is 7.17. The van der Waals surface area contributed by atoms with Gasteiger partial charge in [0.15, 0.2) is 0 Å². The van der Waals surface area contributed by atoms with E-state index >= 15 is 0 Å². The summed E-state index contributed by atoms with van der Waals surface area (Å²) in [6.45, 7) is 3.01. The Bertz CT molecular complexity index is 465. The highest BCUT2D eigenvalue weighted by molar-refractivity contribution is 9.10. The Balaban J connectivity index is 2.35. The molecule has 0 aromatic carbocycles. The summed E-state index contributed by atoms with van der Waals surface area (Å²) in [6, 6.07) is 1.92. The first-order valence-electron chi connectivity index (χ1n) is 6.70. The van der Waals surface area contributed by atoms with E-state index < -0.39 is 0 Å².